The van der Waals surface area contributed by atoms with Crippen molar-refractivity contribution >= 4 is 34.7 Å². The molecule has 0 unspecified atom stereocenters. The second-order valence-electron chi connectivity index (χ2n) is 7.93. The van der Waals surface area contributed by atoms with Crippen LogP contribution in [-0.4, -0.2) is 27.6 Å². The molecule has 3 aromatic rings. The summed E-state index contributed by atoms with van der Waals surface area (Å²) in [7, 11) is 0. The van der Waals surface area contributed by atoms with Gasteiger partial charge in [0.15, 0.2) is 11.5 Å². The number of halogens is 3. The molecule has 0 atom stereocenters. The SMILES string of the molecule is CCOc1cc(/C=C2\SC(=O)N(Cc3ccccc3)C2=O)ccc1Oc1ccc(C(F)(F)F)cc1[N+](=O)[O-]. The first-order chi connectivity index (χ1) is 18.1. The van der Waals surface area contributed by atoms with Crippen molar-refractivity contribution in [2.24, 2.45) is 0 Å². The molecule has 196 valence electrons. The fourth-order valence-electron chi connectivity index (χ4n) is 3.56. The summed E-state index contributed by atoms with van der Waals surface area (Å²) in [5, 5.41) is 11.0. The summed E-state index contributed by atoms with van der Waals surface area (Å²) < 4.78 is 50.2. The summed E-state index contributed by atoms with van der Waals surface area (Å²) in [6, 6.07) is 15.4. The van der Waals surface area contributed by atoms with Crippen LogP contribution in [0, 0.1) is 10.1 Å². The molecule has 1 saturated heterocycles. The number of imide groups is 1. The molecule has 2 amide bonds. The Bertz CT molecular complexity index is 1430. The third kappa shape index (κ3) is 5.97. The number of hydrogen-bond donors (Lipinski definition) is 0. The Kier molecular flexibility index (Phi) is 7.72. The zero-order valence-electron chi connectivity index (χ0n) is 19.7. The maximum absolute atomic E-state index is 13.0. The van der Waals surface area contributed by atoms with Gasteiger partial charge in [-0.25, -0.2) is 0 Å². The summed E-state index contributed by atoms with van der Waals surface area (Å²) in [6.45, 7) is 2.00. The number of nitro benzene ring substituents is 1. The van der Waals surface area contributed by atoms with E-state index in [2.05, 4.69) is 0 Å². The van der Waals surface area contributed by atoms with E-state index in [1.165, 1.54) is 24.3 Å². The maximum atomic E-state index is 13.0. The lowest BCUT2D eigenvalue weighted by atomic mass is 10.1. The Labute approximate surface area is 218 Å². The van der Waals surface area contributed by atoms with Crippen molar-refractivity contribution in [1.82, 2.24) is 4.90 Å². The van der Waals surface area contributed by atoms with E-state index in [0.717, 1.165) is 28.3 Å². The van der Waals surface area contributed by atoms with Gasteiger partial charge in [-0.15, -0.1) is 0 Å². The quantitative estimate of drug-likeness (QED) is 0.170. The van der Waals surface area contributed by atoms with Gasteiger partial charge in [0.2, 0.25) is 5.75 Å². The lowest BCUT2D eigenvalue weighted by Gasteiger charge is -2.14. The van der Waals surface area contributed by atoms with Gasteiger partial charge < -0.3 is 9.47 Å². The minimum Gasteiger partial charge on any atom is -0.490 e. The van der Waals surface area contributed by atoms with Crippen molar-refractivity contribution in [3.05, 3.63) is 98.4 Å². The van der Waals surface area contributed by atoms with Crippen molar-refractivity contribution in [3.63, 3.8) is 0 Å². The lowest BCUT2D eigenvalue weighted by molar-refractivity contribution is -0.385. The number of nitrogens with zero attached hydrogens (tertiary/aromatic N) is 2. The van der Waals surface area contributed by atoms with Crippen LogP contribution in [0.25, 0.3) is 6.08 Å². The molecule has 0 N–H and O–H groups in total. The molecule has 8 nitrogen and oxygen atoms in total. The van der Waals surface area contributed by atoms with E-state index in [9.17, 15) is 32.9 Å². The van der Waals surface area contributed by atoms with Gasteiger partial charge in [-0.3, -0.25) is 24.6 Å². The second kappa shape index (κ2) is 11.0. The van der Waals surface area contributed by atoms with Crippen LogP contribution < -0.4 is 9.47 Å². The highest BCUT2D eigenvalue weighted by Crippen LogP contribution is 2.41. The summed E-state index contributed by atoms with van der Waals surface area (Å²) >= 11 is 0.790. The predicted molar refractivity (Wildman–Crippen MR) is 134 cm³/mol. The molecule has 0 radical (unpaired) electrons. The van der Waals surface area contributed by atoms with E-state index in [4.69, 9.17) is 9.47 Å². The summed E-state index contributed by atoms with van der Waals surface area (Å²) in [4.78, 5) is 37.1. The number of rotatable bonds is 8. The van der Waals surface area contributed by atoms with Crippen molar-refractivity contribution in [2.75, 3.05) is 6.61 Å². The smallest absolute Gasteiger partial charge is 0.416 e. The molecule has 0 bridgehead atoms. The van der Waals surface area contributed by atoms with Gasteiger partial charge in [0.25, 0.3) is 11.1 Å². The number of thioether (sulfide) groups is 1. The molecule has 3 aromatic carbocycles. The van der Waals surface area contributed by atoms with Crippen LogP contribution in [0.4, 0.5) is 23.7 Å². The summed E-state index contributed by atoms with van der Waals surface area (Å²) in [6.07, 6.45) is -3.26. The number of nitro groups is 1. The molecule has 4 rings (SSSR count). The van der Waals surface area contributed by atoms with Crippen LogP contribution in [0.1, 0.15) is 23.6 Å². The third-order valence-corrected chi connectivity index (χ3v) is 6.23. The minimum absolute atomic E-state index is 0.0176. The topological polar surface area (TPSA) is 99.0 Å². The molecule has 12 heteroatoms. The number of carbonyl (C=O) groups excluding carboxylic acids is 2. The average molecular weight is 545 g/mol. The largest absolute Gasteiger partial charge is 0.490 e. The van der Waals surface area contributed by atoms with Crippen molar-refractivity contribution < 1.29 is 37.2 Å². The van der Waals surface area contributed by atoms with Crippen molar-refractivity contribution in [3.8, 4) is 17.2 Å². The first-order valence-electron chi connectivity index (χ1n) is 11.2. The predicted octanol–water partition coefficient (Wildman–Crippen LogP) is 7.04. The monoisotopic (exact) mass is 544 g/mol. The Hall–Kier alpha value is -4.32. The minimum atomic E-state index is -4.76. The fraction of sp³-hybridized carbons (Fsp3) is 0.154. The van der Waals surface area contributed by atoms with Gasteiger partial charge >= 0.3 is 11.9 Å². The number of hydrogen-bond acceptors (Lipinski definition) is 7. The highest BCUT2D eigenvalue weighted by atomic mass is 32.2. The Balaban J connectivity index is 1.60. The number of carbonyl (C=O) groups is 2. The standard InChI is InChI=1S/C26H19F3N2O6S/c1-2-36-22-12-17(13-23-24(32)30(25(33)38-23)15-16-6-4-3-5-7-16)8-10-21(22)37-20-11-9-18(26(27,28)29)14-19(20)31(34)35/h3-14H,2,15H2,1H3/b23-13-. The van der Waals surface area contributed by atoms with E-state index in [-0.39, 0.29) is 29.6 Å². The first-order valence-corrected chi connectivity index (χ1v) is 12.0. The van der Waals surface area contributed by atoms with Gasteiger partial charge in [0, 0.05) is 6.07 Å². The molecule has 0 aromatic heterocycles. The van der Waals surface area contributed by atoms with Crippen LogP contribution in [0.5, 0.6) is 17.2 Å². The van der Waals surface area contributed by atoms with Gasteiger partial charge in [-0.05, 0) is 60.2 Å². The van der Waals surface area contributed by atoms with Gasteiger partial charge in [0.1, 0.15) is 0 Å². The zero-order valence-corrected chi connectivity index (χ0v) is 20.5. The molecular formula is C26H19F3N2O6S. The van der Waals surface area contributed by atoms with E-state index >= 15 is 0 Å². The molecular weight excluding hydrogens is 525 g/mol. The van der Waals surface area contributed by atoms with Crippen molar-refractivity contribution in [2.45, 2.75) is 19.6 Å². The van der Waals surface area contributed by atoms with Crippen LogP contribution in [-0.2, 0) is 17.5 Å². The van der Waals surface area contributed by atoms with E-state index < -0.39 is 39.2 Å². The number of alkyl halides is 3. The van der Waals surface area contributed by atoms with E-state index in [0.29, 0.717) is 17.7 Å². The third-order valence-electron chi connectivity index (χ3n) is 5.33. The normalized spacial score (nSPS) is 14.7. The lowest BCUT2D eigenvalue weighted by Crippen LogP contribution is -2.27. The molecule has 38 heavy (non-hydrogen) atoms. The van der Waals surface area contributed by atoms with E-state index in [1.54, 1.807) is 19.1 Å². The summed E-state index contributed by atoms with van der Waals surface area (Å²) in [5.74, 6) is -0.704. The fourth-order valence-corrected chi connectivity index (χ4v) is 4.40. The zero-order chi connectivity index (χ0) is 27.4. The van der Waals surface area contributed by atoms with E-state index in [1.807, 2.05) is 18.2 Å². The average Bonchev–Trinajstić information content (AvgIpc) is 3.13. The van der Waals surface area contributed by atoms with Gasteiger partial charge in [-0.1, -0.05) is 36.4 Å². The Morgan fingerprint density at radius 1 is 1.00 bits per heavy atom. The molecule has 1 heterocycles. The molecule has 1 aliphatic heterocycles. The van der Waals surface area contributed by atoms with Crippen LogP contribution in [0.15, 0.2) is 71.6 Å². The number of benzene rings is 3. The maximum Gasteiger partial charge on any atom is 0.416 e. The van der Waals surface area contributed by atoms with Crippen LogP contribution in [0.2, 0.25) is 0 Å². The molecule has 0 spiro atoms. The second-order valence-corrected chi connectivity index (χ2v) is 8.93. The molecule has 1 fully saturated rings. The molecule has 0 aliphatic carbocycles. The van der Waals surface area contributed by atoms with Gasteiger partial charge in [0.05, 0.1) is 28.5 Å². The molecule has 0 saturated carbocycles. The highest BCUT2D eigenvalue weighted by Gasteiger charge is 2.35. The Morgan fingerprint density at radius 2 is 1.71 bits per heavy atom. The number of amides is 2. The van der Waals surface area contributed by atoms with Crippen molar-refractivity contribution in [1.29, 1.82) is 0 Å². The summed E-state index contributed by atoms with van der Waals surface area (Å²) in [5.41, 5.74) is -0.766. The Morgan fingerprint density at radius 3 is 2.37 bits per heavy atom. The highest BCUT2D eigenvalue weighted by molar-refractivity contribution is 8.18. The number of ether oxygens (including phenoxy) is 2. The van der Waals surface area contributed by atoms with Gasteiger partial charge in [-0.2, -0.15) is 13.2 Å². The first kappa shape index (κ1) is 26.7. The van der Waals surface area contributed by atoms with Crippen LogP contribution >= 0.6 is 11.8 Å². The molecule has 1 aliphatic rings. The van der Waals surface area contributed by atoms with Crippen LogP contribution in [0.3, 0.4) is 0 Å².